The first kappa shape index (κ1) is 20.5. The van der Waals surface area contributed by atoms with Gasteiger partial charge in [0.05, 0.1) is 0 Å². The summed E-state index contributed by atoms with van der Waals surface area (Å²) in [6.07, 6.45) is 30.5. The van der Waals surface area contributed by atoms with Crippen LogP contribution in [0.1, 0.15) is 38.2 Å². The van der Waals surface area contributed by atoms with Gasteiger partial charge >= 0.3 is 0 Å². The van der Waals surface area contributed by atoms with Crippen molar-refractivity contribution in [3.8, 4) is 24.2 Å². The molecule has 0 aliphatic heterocycles. The van der Waals surface area contributed by atoms with Crippen LogP contribution in [0.25, 0.3) is 0 Å². The molecule has 0 heterocycles. The molecule has 2 unspecified atom stereocenters. The van der Waals surface area contributed by atoms with Crippen LogP contribution >= 0.6 is 0 Å². The summed E-state index contributed by atoms with van der Waals surface area (Å²) in [5, 5.41) is 0. The van der Waals surface area contributed by atoms with Crippen molar-refractivity contribution in [1.82, 2.24) is 0 Å². The van der Waals surface area contributed by atoms with Gasteiger partial charge in [-0.2, -0.15) is 0 Å². The van der Waals surface area contributed by atoms with E-state index in [1.165, 1.54) is 16.7 Å². The molecule has 144 valence electrons. The molecular weight excluding hydrogens is 348 g/mol. The summed E-state index contributed by atoms with van der Waals surface area (Å²) in [7, 11) is 0. The first-order chi connectivity index (χ1) is 14.3. The largest absolute Gasteiger partial charge is 0.115 e. The van der Waals surface area contributed by atoms with Crippen LogP contribution in [-0.2, 0) is 5.41 Å². The Hall–Kier alpha value is -3.22. The number of benzene rings is 1. The van der Waals surface area contributed by atoms with E-state index in [2.05, 4.69) is 104 Å². The second kappa shape index (κ2) is 10.4. The van der Waals surface area contributed by atoms with E-state index >= 15 is 0 Å². The Bertz CT molecular complexity index is 974. The highest BCUT2D eigenvalue weighted by Gasteiger charge is 2.40. The molecule has 0 aromatic heterocycles. The maximum atomic E-state index is 5.35. The monoisotopic (exact) mass is 376 g/mol. The van der Waals surface area contributed by atoms with Crippen LogP contribution < -0.4 is 0 Å². The smallest absolute Gasteiger partial charge is 0.0454 e. The quantitative estimate of drug-likeness (QED) is 0.376. The van der Waals surface area contributed by atoms with Gasteiger partial charge in [-0.05, 0) is 54.0 Å². The highest BCUT2D eigenvalue weighted by atomic mass is 14.4. The van der Waals surface area contributed by atoms with Crippen LogP contribution in [0.4, 0.5) is 0 Å². The van der Waals surface area contributed by atoms with Crippen molar-refractivity contribution in [3.63, 3.8) is 0 Å². The van der Waals surface area contributed by atoms with Crippen LogP contribution in [0, 0.1) is 30.1 Å². The van der Waals surface area contributed by atoms with Crippen LogP contribution in [0.5, 0.6) is 0 Å². The Balaban J connectivity index is 2.21. The lowest BCUT2D eigenvalue weighted by atomic mass is 9.62. The molecule has 1 aromatic rings. The third-order valence-corrected chi connectivity index (χ3v) is 5.68. The molecule has 0 bridgehead atoms. The van der Waals surface area contributed by atoms with Crippen molar-refractivity contribution in [2.24, 2.45) is 5.92 Å². The van der Waals surface area contributed by atoms with Crippen molar-refractivity contribution in [2.45, 2.75) is 38.0 Å². The average Bonchev–Trinajstić information content (AvgIpc) is 3.15. The van der Waals surface area contributed by atoms with Gasteiger partial charge in [0.25, 0.3) is 0 Å². The summed E-state index contributed by atoms with van der Waals surface area (Å²) < 4.78 is 0. The van der Waals surface area contributed by atoms with Crippen LogP contribution in [0.2, 0.25) is 0 Å². The fourth-order valence-electron chi connectivity index (χ4n) is 4.24. The first-order valence-electron chi connectivity index (χ1n) is 10.3. The highest BCUT2D eigenvalue weighted by Crippen LogP contribution is 2.48. The molecular formula is C29H28. The highest BCUT2D eigenvalue weighted by molar-refractivity contribution is 5.55. The number of allylic oxidation sites excluding steroid dienone is 12. The Morgan fingerprint density at radius 1 is 1.21 bits per heavy atom. The van der Waals surface area contributed by atoms with Gasteiger partial charge in [-0.25, -0.2) is 0 Å². The lowest BCUT2D eigenvalue weighted by Crippen LogP contribution is -2.33. The maximum absolute atomic E-state index is 5.35. The van der Waals surface area contributed by atoms with Crippen molar-refractivity contribution in [1.29, 1.82) is 0 Å². The van der Waals surface area contributed by atoms with Gasteiger partial charge in [0.2, 0.25) is 0 Å². The molecule has 0 saturated carbocycles. The zero-order valence-electron chi connectivity index (χ0n) is 17.1. The predicted octanol–water partition coefficient (Wildman–Crippen LogP) is 6.86. The third kappa shape index (κ3) is 4.80. The van der Waals surface area contributed by atoms with E-state index in [0.717, 1.165) is 25.7 Å². The minimum atomic E-state index is -0.247. The molecule has 3 rings (SSSR count). The van der Waals surface area contributed by atoms with E-state index in [4.69, 9.17) is 6.42 Å². The lowest BCUT2D eigenvalue weighted by molar-refractivity contribution is 0.496. The topological polar surface area (TPSA) is 0 Å². The van der Waals surface area contributed by atoms with Gasteiger partial charge < -0.3 is 0 Å². The molecule has 0 spiro atoms. The third-order valence-electron chi connectivity index (χ3n) is 5.68. The molecule has 0 radical (unpaired) electrons. The zero-order valence-corrected chi connectivity index (χ0v) is 17.1. The Morgan fingerprint density at radius 3 is 2.90 bits per heavy atom. The molecule has 2 atom stereocenters. The maximum Gasteiger partial charge on any atom is 0.0454 e. The van der Waals surface area contributed by atoms with Gasteiger partial charge in [0.1, 0.15) is 0 Å². The predicted molar refractivity (Wildman–Crippen MR) is 125 cm³/mol. The summed E-state index contributed by atoms with van der Waals surface area (Å²) in [6.45, 7) is 2.33. The number of rotatable bonds is 6. The van der Waals surface area contributed by atoms with E-state index in [1.807, 2.05) is 6.08 Å². The molecule has 2 aliphatic rings. The van der Waals surface area contributed by atoms with Gasteiger partial charge in [-0.1, -0.05) is 104 Å². The molecule has 2 aliphatic carbocycles. The van der Waals surface area contributed by atoms with Gasteiger partial charge in [-0.3, -0.25) is 0 Å². The molecule has 0 nitrogen and oxygen atoms in total. The molecule has 0 saturated heterocycles. The SMILES string of the molecule is C#C/C=C\C=C/CC(C1=CCC=CC=C1)(C1=CC#CCCC1C)c1ccccc1. The zero-order chi connectivity index (χ0) is 20.4. The molecule has 0 N–H and O–H groups in total. The van der Waals surface area contributed by atoms with Crippen molar-refractivity contribution in [3.05, 3.63) is 108 Å². The Kier molecular flexibility index (Phi) is 7.33. The fourth-order valence-corrected chi connectivity index (χ4v) is 4.24. The van der Waals surface area contributed by atoms with Gasteiger partial charge in [-0.15, -0.1) is 6.42 Å². The Morgan fingerprint density at radius 2 is 2.07 bits per heavy atom. The number of terminal acetylenes is 1. The van der Waals surface area contributed by atoms with Crippen LogP contribution in [0.3, 0.4) is 0 Å². The minimum Gasteiger partial charge on any atom is -0.115 e. The molecule has 0 heteroatoms. The summed E-state index contributed by atoms with van der Waals surface area (Å²) in [6, 6.07) is 10.9. The minimum absolute atomic E-state index is 0.247. The molecule has 1 aromatic carbocycles. The first-order valence-corrected chi connectivity index (χ1v) is 10.3. The van der Waals surface area contributed by atoms with Gasteiger partial charge in [0.15, 0.2) is 0 Å². The average molecular weight is 377 g/mol. The second-order valence-electron chi connectivity index (χ2n) is 7.47. The molecule has 29 heavy (non-hydrogen) atoms. The van der Waals surface area contributed by atoms with E-state index in [-0.39, 0.29) is 5.41 Å². The molecule has 0 fully saturated rings. The Labute approximate surface area is 176 Å². The van der Waals surface area contributed by atoms with Crippen molar-refractivity contribution >= 4 is 0 Å². The summed E-state index contributed by atoms with van der Waals surface area (Å²) in [4.78, 5) is 0. The van der Waals surface area contributed by atoms with E-state index < -0.39 is 0 Å². The normalized spacial score (nSPS) is 20.8. The van der Waals surface area contributed by atoms with E-state index in [9.17, 15) is 0 Å². The number of hydrogen-bond donors (Lipinski definition) is 0. The van der Waals surface area contributed by atoms with E-state index in [0.29, 0.717) is 5.92 Å². The van der Waals surface area contributed by atoms with Gasteiger partial charge in [0, 0.05) is 11.8 Å². The fraction of sp³-hybridized carbons (Fsp3) is 0.241. The lowest BCUT2D eigenvalue weighted by Gasteiger charge is -2.40. The summed E-state index contributed by atoms with van der Waals surface area (Å²) >= 11 is 0. The van der Waals surface area contributed by atoms with Crippen molar-refractivity contribution < 1.29 is 0 Å². The summed E-state index contributed by atoms with van der Waals surface area (Å²) in [5.74, 6) is 9.63. The number of hydrogen-bond acceptors (Lipinski definition) is 0. The van der Waals surface area contributed by atoms with Crippen LogP contribution in [0.15, 0.2) is 102 Å². The van der Waals surface area contributed by atoms with Crippen LogP contribution in [-0.4, -0.2) is 0 Å². The second-order valence-corrected chi connectivity index (χ2v) is 7.47. The van der Waals surface area contributed by atoms with E-state index in [1.54, 1.807) is 6.08 Å². The molecule has 0 amide bonds. The summed E-state index contributed by atoms with van der Waals surface area (Å²) in [5.41, 5.74) is 3.80. The standard InChI is InChI=1S/C29H28/c1-3-4-5-8-17-24-29(27-21-14-10-15-22-27,26-19-12-6-7-13-20-26)28-23-16-9-11-18-25(28)2/h1,4-8,10,12,14-15,17,19-23,25H,11,13,18,24H2,2H3/b5-4-,17-8-. The van der Waals surface area contributed by atoms with Crippen molar-refractivity contribution in [2.75, 3.05) is 0 Å².